The highest BCUT2D eigenvalue weighted by molar-refractivity contribution is 5.02. The molecule has 4 aliphatic rings. The maximum absolute atomic E-state index is 5.76. The highest BCUT2D eigenvalue weighted by Crippen LogP contribution is 2.55. The van der Waals surface area contributed by atoms with Crippen LogP contribution in [0.25, 0.3) is 0 Å². The summed E-state index contributed by atoms with van der Waals surface area (Å²) < 4.78 is 0. The molecule has 92 valence electrons. The van der Waals surface area contributed by atoms with Crippen LogP contribution in [0.2, 0.25) is 0 Å². The molecule has 2 heteroatoms. The molecule has 0 atom stereocenters. The number of rotatable bonds is 4. The minimum Gasteiger partial charge on any atom is -0.329 e. The molecular weight excluding hydrogens is 196 g/mol. The van der Waals surface area contributed by atoms with Crippen molar-refractivity contribution in [2.24, 2.45) is 29.4 Å². The summed E-state index contributed by atoms with van der Waals surface area (Å²) in [4.78, 5) is 2.69. The summed E-state index contributed by atoms with van der Waals surface area (Å²) in [7, 11) is 0. The summed E-state index contributed by atoms with van der Waals surface area (Å²) in [6, 6.07) is 0.890. The van der Waals surface area contributed by atoms with Crippen molar-refractivity contribution in [3.8, 4) is 0 Å². The van der Waals surface area contributed by atoms with Crippen LogP contribution < -0.4 is 5.73 Å². The van der Waals surface area contributed by atoms with Gasteiger partial charge in [0.1, 0.15) is 0 Å². The lowest BCUT2D eigenvalue weighted by Gasteiger charge is -2.57. The molecule has 0 aromatic heterocycles. The molecule has 4 aliphatic carbocycles. The standard InChI is InChI=1S/C14H26N2/c1-2-16(4-3-15)14-12-6-10-5-11(8-12)9-13(14)7-10/h10-14H,2-9,15H2,1H3. The Balaban J connectivity index is 1.75. The fraction of sp³-hybridized carbons (Fsp3) is 1.00. The van der Waals surface area contributed by atoms with Crippen molar-refractivity contribution in [3.05, 3.63) is 0 Å². The first-order valence-electron chi connectivity index (χ1n) is 7.26. The van der Waals surface area contributed by atoms with Crippen LogP contribution in [-0.4, -0.2) is 30.6 Å². The molecular formula is C14H26N2. The van der Waals surface area contributed by atoms with Crippen molar-refractivity contribution in [1.29, 1.82) is 0 Å². The Kier molecular flexibility index (Phi) is 2.97. The van der Waals surface area contributed by atoms with Crippen LogP contribution in [0.5, 0.6) is 0 Å². The van der Waals surface area contributed by atoms with Crippen molar-refractivity contribution < 1.29 is 0 Å². The number of likely N-dealkylation sites (N-methyl/N-ethyl adjacent to an activating group) is 1. The van der Waals surface area contributed by atoms with Gasteiger partial charge >= 0.3 is 0 Å². The quantitative estimate of drug-likeness (QED) is 0.789. The first-order chi connectivity index (χ1) is 7.81. The molecule has 0 saturated heterocycles. The lowest BCUT2D eigenvalue weighted by atomic mass is 9.54. The highest BCUT2D eigenvalue weighted by atomic mass is 15.2. The number of hydrogen-bond donors (Lipinski definition) is 1. The fourth-order valence-corrected chi connectivity index (χ4v) is 5.18. The third kappa shape index (κ3) is 1.70. The second-order valence-electron chi connectivity index (χ2n) is 6.34. The van der Waals surface area contributed by atoms with Crippen molar-refractivity contribution in [2.75, 3.05) is 19.6 Å². The van der Waals surface area contributed by atoms with E-state index < -0.39 is 0 Å². The molecule has 0 aliphatic heterocycles. The minimum absolute atomic E-state index is 0.830. The van der Waals surface area contributed by atoms with Crippen molar-refractivity contribution in [1.82, 2.24) is 4.90 Å². The van der Waals surface area contributed by atoms with Gasteiger partial charge in [0, 0.05) is 19.1 Å². The van der Waals surface area contributed by atoms with Crippen molar-refractivity contribution in [2.45, 2.75) is 45.1 Å². The molecule has 2 nitrogen and oxygen atoms in total. The van der Waals surface area contributed by atoms with Gasteiger partial charge in [-0.05, 0) is 62.3 Å². The van der Waals surface area contributed by atoms with E-state index in [-0.39, 0.29) is 0 Å². The number of nitrogens with two attached hydrogens (primary N) is 1. The Bertz CT molecular complexity index is 220. The molecule has 16 heavy (non-hydrogen) atoms. The zero-order valence-electron chi connectivity index (χ0n) is 10.6. The second kappa shape index (κ2) is 4.30. The van der Waals surface area contributed by atoms with Crippen molar-refractivity contribution in [3.63, 3.8) is 0 Å². The third-order valence-electron chi connectivity index (χ3n) is 5.42. The average molecular weight is 222 g/mol. The summed E-state index contributed by atoms with van der Waals surface area (Å²) in [5.41, 5.74) is 5.76. The SMILES string of the molecule is CCN(CCN)C1C2CC3CC(C2)CC1C3. The summed E-state index contributed by atoms with van der Waals surface area (Å²) >= 11 is 0. The van der Waals surface area contributed by atoms with Gasteiger partial charge in [0.15, 0.2) is 0 Å². The molecule has 4 rings (SSSR count). The van der Waals surface area contributed by atoms with Gasteiger partial charge in [0.25, 0.3) is 0 Å². The van der Waals surface area contributed by atoms with Crippen LogP contribution >= 0.6 is 0 Å². The van der Waals surface area contributed by atoms with Crippen LogP contribution in [0.1, 0.15) is 39.0 Å². The topological polar surface area (TPSA) is 29.3 Å². The summed E-state index contributed by atoms with van der Waals surface area (Å²) in [5.74, 6) is 4.22. The smallest absolute Gasteiger partial charge is 0.0153 e. The van der Waals surface area contributed by atoms with Gasteiger partial charge in [-0.2, -0.15) is 0 Å². The lowest BCUT2D eigenvalue weighted by Crippen LogP contribution is -2.56. The van der Waals surface area contributed by atoms with Crippen LogP contribution in [0.3, 0.4) is 0 Å². The largest absolute Gasteiger partial charge is 0.329 e. The number of hydrogen-bond acceptors (Lipinski definition) is 2. The van der Waals surface area contributed by atoms with Crippen molar-refractivity contribution >= 4 is 0 Å². The van der Waals surface area contributed by atoms with Gasteiger partial charge in [-0.3, -0.25) is 4.90 Å². The molecule has 2 N–H and O–H groups in total. The van der Waals surface area contributed by atoms with Gasteiger partial charge in [-0.1, -0.05) is 6.92 Å². The predicted octanol–water partition coefficient (Wildman–Crippen LogP) is 2.09. The Morgan fingerprint density at radius 3 is 2.00 bits per heavy atom. The first kappa shape index (κ1) is 11.0. The van der Waals surface area contributed by atoms with E-state index in [1.54, 1.807) is 6.42 Å². The lowest BCUT2D eigenvalue weighted by molar-refractivity contribution is -0.0629. The average Bonchev–Trinajstić information content (AvgIpc) is 2.26. The van der Waals surface area contributed by atoms with Gasteiger partial charge < -0.3 is 5.73 Å². The molecule has 4 fully saturated rings. The summed E-state index contributed by atoms with van der Waals surface area (Å²) in [5, 5.41) is 0. The molecule has 0 aromatic rings. The molecule has 4 bridgehead atoms. The molecule has 0 amide bonds. The monoisotopic (exact) mass is 222 g/mol. The van der Waals surface area contributed by atoms with Gasteiger partial charge in [-0.25, -0.2) is 0 Å². The molecule has 0 unspecified atom stereocenters. The zero-order valence-corrected chi connectivity index (χ0v) is 10.6. The predicted molar refractivity (Wildman–Crippen MR) is 67.1 cm³/mol. The van der Waals surface area contributed by atoms with E-state index in [9.17, 15) is 0 Å². The maximum atomic E-state index is 5.76. The Morgan fingerprint density at radius 1 is 1.00 bits per heavy atom. The van der Waals surface area contributed by atoms with Crippen LogP contribution in [0.15, 0.2) is 0 Å². The van der Waals surface area contributed by atoms with E-state index >= 15 is 0 Å². The maximum Gasteiger partial charge on any atom is 0.0153 e. The molecule has 0 spiro atoms. The third-order valence-corrected chi connectivity index (χ3v) is 5.42. The summed E-state index contributed by atoms with van der Waals surface area (Å²) in [6.07, 6.45) is 7.66. The Hall–Kier alpha value is -0.0800. The normalized spacial score (nSPS) is 45.6. The van der Waals surface area contributed by atoms with Crippen LogP contribution in [0.4, 0.5) is 0 Å². The van der Waals surface area contributed by atoms with E-state index in [2.05, 4.69) is 11.8 Å². The zero-order chi connectivity index (χ0) is 11.1. The number of nitrogens with zero attached hydrogens (tertiary/aromatic N) is 1. The second-order valence-corrected chi connectivity index (χ2v) is 6.34. The van der Waals surface area contributed by atoms with E-state index in [0.717, 1.165) is 42.8 Å². The summed E-state index contributed by atoms with van der Waals surface area (Å²) in [6.45, 7) is 5.45. The molecule has 0 radical (unpaired) electrons. The van der Waals surface area contributed by atoms with Gasteiger partial charge in [-0.15, -0.1) is 0 Å². The minimum atomic E-state index is 0.830. The molecule has 4 saturated carbocycles. The fourth-order valence-electron chi connectivity index (χ4n) is 5.18. The highest BCUT2D eigenvalue weighted by Gasteiger charge is 2.49. The Morgan fingerprint density at radius 2 is 1.56 bits per heavy atom. The van der Waals surface area contributed by atoms with Gasteiger partial charge in [0.05, 0.1) is 0 Å². The molecule has 0 heterocycles. The Labute approximate surface area is 99.6 Å². The van der Waals surface area contributed by atoms with E-state index in [1.165, 1.54) is 32.2 Å². The molecule has 0 aromatic carbocycles. The van der Waals surface area contributed by atoms with Gasteiger partial charge in [0.2, 0.25) is 0 Å². The van der Waals surface area contributed by atoms with E-state index in [0.29, 0.717) is 0 Å². The van der Waals surface area contributed by atoms with E-state index in [1.807, 2.05) is 0 Å². The van der Waals surface area contributed by atoms with E-state index in [4.69, 9.17) is 5.73 Å². The first-order valence-corrected chi connectivity index (χ1v) is 7.26. The van der Waals surface area contributed by atoms with Crippen LogP contribution in [-0.2, 0) is 0 Å². The van der Waals surface area contributed by atoms with Crippen LogP contribution in [0, 0.1) is 23.7 Å².